The Morgan fingerprint density at radius 3 is 2.41 bits per heavy atom. The number of nitrogens with one attached hydrogen (secondary N) is 1. The molecule has 1 aromatic heterocycles. The zero-order valence-electron chi connectivity index (χ0n) is 20.4. The molecule has 0 aliphatic heterocycles. The molecule has 11 heteroatoms. The van der Waals surface area contributed by atoms with Crippen LogP contribution >= 0.6 is 11.6 Å². The van der Waals surface area contributed by atoms with Crippen molar-refractivity contribution in [1.29, 1.82) is 0 Å². The largest absolute Gasteiger partial charge is 0.481 e. The number of carbonyl (C=O) groups excluding carboxylic acids is 1. The third-order valence-corrected chi connectivity index (χ3v) is 5.87. The van der Waals surface area contributed by atoms with Crippen molar-refractivity contribution in [2.24, 2.45) is 0 Å². The summed E-state index contributed by atoms with van der Waals surface area (Å²) >= 11 is 6.20. The normalized spacial score (nSPS) is 12.8. The van der Waals surface area contributed by atoms with Crippen molar-refractivity contribution in [1.82, 2.24) is 15.1 Å². The van der Waals surface area contributed by atoms with E-state index in [1.165, 1.54) is 28.9 Å². The van der Waals surface area contributed by atoms with Gasteiger partial charge in [-0.25, -0.2) is 9.07 Å². The van der Waals surface area contributed by atoms with Crippen LogP contribution < -0.4 is 10.1 Å². The van der Waals surface area contributed by atoms with E-state index in [1.807, 2.05) is 13.8 Å². The molecule has 0 unspecified atom stereocenters. The Morgan fingerprint density at radius 1 is 1.11 bits per heavy atom. The number of benzene rings is 2. The van der Waals surface area contributed by atoms with Crippen molar-refractivity contribution in [3.05, 3.63) is 76.2 Å². The monoisotopic (exact) mass is 533 g/mol. The van der Waals surface area contributed by atoms with Crippen LogP contribution in [-0.2, 0) is 11.3 Å². The Kier molecular flexibility index (Phi) is 9.62. The third-order valence-electron chi connectivity index (χ3n) is 5.51. The number of halogens is 2. The quantitative estimate of drug-likeness (QED) is 0.279. The van der Waals surface area contributed by atoms with E-state index in [9.17, 15) is 24.2 Å². The van der Waals surface area contributed by atoms with Crippen LogP contribution in [0.2, 0.25) is 5.02 Å². The van der Waals surface area contributed by atoms with Crippen LogP contribution in [0.15, 0.2) is 48.5 Å². The van der Waals surface area contributed by atoms with E-state index in [1.54, 1.807) is 24.3 Å². The summed E-state index contributed by atoms with van der Waals surface area (Å²) in [5.74, 6) is -2.20. The Bertz CT molecular complexity index is 1230. The van der Waals surface area contributed by atoms with Gasteiger partial charge >= 0.3 is 5.97 Å². The molecule has 0 radical (unpaired) electrons. The first-order valence-electron chi connectivity index (χ1n) is 11.7. The van der Waals surface area contributed by atoms with E-state index in [2.05, 4.69) is 10.4 Å². The smallest absolute Gasteiger partial charge is 0.305 e. The molecule has 0 saturated heterocycles. The molecule has 0 aliphatic carbocycles. The summed E-state index contributed by atoms with van der Waals surface area (Å²) in [5.41, 5.74) is 1.69. The number of hydrogen-bond donors (Lipinski definition) is 4. The van der Waals surface area contributed by atoms with Gasteiger partial charge in [-0.05, 0) is 41.8 Å². The molecule has 1 heterocycles. The van der Waals surface area contributed by atoms with Crippen molar-refractivity contribution >= 4 is 23.5 Å². The van der Waals surface area contributed by atoms with Crippen molar-refractivity contribution in [3.8, 4) is 11.6 Å². The summed E-state index contributed by atoms with van der Waals surface area (Å²) in [7, 11) is 0. The summed E-state index contributed by atoms with van der Waals surface area (Å²) in [6, 6.07) is 12.5. The lowest BCUT2D eigenvalue weighted by atomic mass is 10.0. The molecule has 0 spiro atoms. The topological polar surface area (TPSA) is 134 Å². The summed E-state index contributed by atoms with van der Waals surface area (Å²) in [5, 5.41) is 36.7. The second-order valence-electron chi connectivity index (χ2n) is 8.84. The average Bonchev–Trinajstić information content (AvgIpc) is 3.22. The molecule has 1 amide bonds. The molecule has 0 aliphatic rings. The van der Waals surface area contributed by atoms with Crippen molar-refractivity contribution in [2.45, 2.75) is 51.4 Å². The molecule has 198 valence electrons. The lowest BCUT2D eigenvalue weighted by molar-refractivity contribution is -0.139. The molecule has 0 saturated carbocycles. The summed E-state index contributed by atoms with van der Waals surface area (Å²) in [6.07, 6.45) is -3.19. The van der Waals surface area contributed by atoms with E-state index in [0.717, 1.165) is 5.56 Å². The van der Waals surface area contributed by atoms with E-state index in [4.69, 9.17) is 21.4 Å². The third kappa shape index (κ3) is 7.51. The molecular weight excluding hydrogens is 505 g/mol. The van der Waals surface area contributed by atoms with Crippen LogP contribution in [-0.4, -0.2) is 55.8 Å². The Labute approximate surface area is 218 Å². The number of aromatic nitrogens is 2. The highest BCUT2D eigenvalue weighted by molar-refractivity contribution is 6.31. The standard InChI is InChI=1S/C26H29ClFN3O6/c1-15(2)23-24(25(36)29-13-16-5-3-4-6-21(16)27)30-31(18-9-7-17(28)8-10-18)26(23)37-14-20(33)11-19(32)12-22(34)35/h3-10,15,19-20,32-33H,11-14H2,1-2H3,(H,29,36)(H,34,35)/t19-,20+/m1/s1. The number of aliphatic hydroxyl groups is 2. The zero-order chi connectivity index (χ0) is 27.1. The van der Waals surface area contributed by atoms with Gasteiger partial charge in [0.2, 0.25) is 5.88 Å². The fraction of sp³-hybridized carbons (Fsp3) is 0.346. The van der Waals surface area contributed by atoms with Gasteiger partial charge in [-0.1, -0.05) is 43.6 Å². The van der Waals surface area contributed by atoms with Crippen LogP contribution in [0.1, 0.15) is 54.2 Å². The van der Waals surface area contributed by atoms with Crippen LogP contribution in [0.25, 0.3) is 5.69 Å². The Hall–Kier alpha value is -3.47. The highest BCUT2D eigenvalue weighted by atomic mass is 35.5. The van der Waals surface area contributed by atoms with Gasteiger partial charge in [0.25, 0.3) is 5.91 Å². The number of hydrogen-bond acceptors (Lipinski definition) is 6. The van der Waals surface area contributed by atoms with Gasteiger partial charge in [-0.2, -0.15) is 5.10 Å². The first-order valence-corrected chi connectivity index (χ1v) is 12.1. The Balaban J connectivity index is 1.91. The van der Waals surface area contributed by atoms with Gasteiger partial charge in [0.1, 0.15) is 12.4 Å². The highest BCUT2D eigenvalue weighted by Crippen LogP contribution is 2.33. The van der Waals surface area contributed by atoms with Crippen LogP contribution in [0, 0.1) is 5.82 Å². The number of nitrogens with zero attached hydrogens (tertiary/aromatic N) is 2. The molecule has 0 fully saturated rings. The fourth-order valence-corrected chi connectivity index (χ4v) is 3.94. The van der Waals surface area contributed by atoms with E-state index < -0.39 is 36.3 Å². The number of aliphatic hydroxyl groups excluding tert-OH is 2. The van der Waals surface area contributed by atoms with Crippen molar-refractivity contribution in [2.75, 3.05) is 6.61 Å². The predicted molar refractivity (Wildman–Crippen MR) is 135 cm³/mol. The summed E-state index contributed by atoms with van der Waals surface area (Å²) in [4.78, 5) is 24.0. The van der Waals surface area contributed by atoms with Crippen molar-refractivity contribution in [3.63, 3.8) is 0 Å². The minimum absolute atomic E-state index is 0.0850. The van der Waals surface area contributed by atoms with Gasteiger partial charge in [-0.3, -0.25) is 9.59 Å². The van der Waals surface area contributed by atoms with E-state index in [-0.39, 0.29) is 37.1 Å². The highest BCUT2D eigenvalue weighted by Gasteiger charge is 2.28. The minimum atomic E-state index is -1.26. The first kappa shape index (κ1) is 28.1. The summed E-state index contributed by atoms with van der Waals surface area (Å²) in [6.45, 7) is 3.55. The zero-order valence-corrected chi connectivity index (χ0v) is 21.2. The lowest BCUT2D eigenvalue weighted by Gasteiger charge is -2.17. The molecule has 37 heavy (non-hydrogen) atoms. The maximum atomic E-state index is 13.6. The lowest BCUT2D eigenvalue weighted by Crippen LogP contribution is -2.26. The van der Waals surface area contributed by atoms with Gasteiger partial charge in [0.05, 0.1) is 24.3 Å². The second kappa shape index (κ2) is 12.7. The number of carboxylic acids is 1. The summed E-state index contributed by atoms with van der Waals surface area (Å²) < 4.78 is 20.8. The van der Waals surface area contributed by atoms with Crippen LogP contribution in [0.5, 0.6) is 5.88 Å². The molecule has 9 nitrogen and oxygen atoms in total. The van der Waals surface area contributed by atoms with E-state index >= 15 is 0 Å². The number of carboxylic acid groups (broad SMARTS) is 1. The molecule has 3 aromatic rings. The molecule has 0 bridgehead atoms. The molecular formula is C26H29ClFN3O6. The molecule has 3 rings (SSSR count). The van der Waals surface area contributed by atoms with E-state index in [0.29, 0.717) is 16.3 Å². The molecule has 4 N–H and O–H groups in total. The van der Waals surface area contributed by atoms with Gasteiger partial charge in [0, 0.05) is 23.6 Å². The second-order valence-corrected chi connectivity index (χ2v) is 9.24. The maximum Gasteiger partial charge on any atom is 0.305 e. The maximum absolute atomic E-state index is 13.6. The number of aliphatic carboxylic acids is 1. The SMILES string of the molecule is CC(C)c1c(C(=O)NCc2ccccc2Cl)nn(-c2ccc(F)cc2)c1OC[C@@H](O)C[C@@H](O)CC(=O)O. The first-order chi connectivity index (χ1) is 17.6. The molecule has 2 aromatic carbocycles. The fourth-order valence-electron chi connectivity index (χ4n) is 3.74. The predicted octanol–water partition coefficient (Wildman–Crippen LogP) is 3.68. The molecule has 2 atom stereocenters. The van der Waals surface area contributed by atoms with Gasteiger partial charge in [-0.15, -0.1) is 0 Å². The minimum Gasteiger partial charge on any atom is -0.481 e. The number of carbonyl (C=O) groups is 2. The number of rotatable bonds is 12. The average molecular weight is 534 g/mol. The number of ether oxygens (including phenoxy) is 1. The van der Waals surface area contributed by atoms with Gasteiger partial charge in [0.15, 0.2) is 5.69 Å². The van der Waals surface area contributed by atoms with Crippen LogP contribution in [0.4, 0.5) is 4.39 Å². The number of amides is 1. The Morgan fingerprint density at radius 2 is 1.78 bits per heavy atom. The van der Waals surface area contributed by atoms with Crippen molar-refractivity contribution < 1.29 is 34.0 Å². The van der Waals surface area contributed by atoms with Gasteiger partial charge < -0.3 is 25.4 Å². The van der Waals surface area contributed by atoms with Crippen LogP contribution in [0.3, 0.4) is 0 Å².